The number of hydrogen-bond acceptors (Lipinski definition) is 2. The van der Waals surface area contributed by atoms with Crippen LogP contribution in [-0.4, -0.2) is 15.0 Å². The van der Waals surface area contributed by atoms with Crippen molar-refractivity contribution in [3.63, 3.8) is 0 Å². The molecule has 128 valence electrons. The highest BCUT2D eigenvalue weighted by atomic mass is 16.2. The number of nitrogens with one attached hydrogen (secondary N) is 1. The Balaban J connectivity index is 1.65. The predicted octanol–water partition coefficient (Wildman–Crippen LogP) is 2.94. The molecule has 3 aromatic rings. The Morgan fingerprint density at radius 2 is 1.84 bits per heavy atom. The zero-order valence-electron chi connectivity index (χ0n) is 14.5. The van der Waals surface area contributed by atoms with Crippen molar-refractivity contribution >= 4 is 22.6 Å². The van der Waals surface area contributed by atoms with Crippen molar-refractivity contribution in [2.45, 2.75) is 25.2 Å². The summed E-state index contributed by atoms with van der Waals surface area (Å²) >= 11 is 0. The second-order valence-electron chi connectivity index (χ2n) is 6.74. The topological polar surface area (TPSA) is 56.0 Å². The third-order valence-corrected chi connectivity index (χ3v) is 5.23. The van der Waals surface area contributed by atoms with Gasteiger partial charge in [0.2, 0.25) is 5.91 Å². The molecule has 5 heteroatoms. The Hall–Kier alpha value is -2.82. The van der Waals surface area contributed by atoms with Crippen LogP contribution in [0, 0.1) is 0 Å². The Bertz CT molecular complexity index is 1030. The first-order valence-corrected chi connectivity index (χ1v) is 8.60. The van der Waals surface area contributed by atoms with E-state index < -0.39 is 0 Å². The number of anilines is 1. The number of nitrogens with zero attached hydrogens (tertiary/aromatic N) is 2. The molecule has 1 amide bonds. The number of aromatic nitrogens is 2. The molecule has 1 heterocycles. The summed E-state index contributed by atoms with van der Waals surface area (Å²) in [7, 11) is 3.50. The molecule has 1 atom stereocenters. The Morgan fingerprint density at radius 1 is 1.08 bits per heavy atom. The summed E-state index contributed by atoms with van der Waals surface area (Å²) in [6.45, 7) is 0. The van der Waals surface area contributed by atoms with Gasteiger partial charge >= 0.3 is 5.69 Å². The fourth-order valence-electron chi connectivity index (χ4n) is 3.84. The van der Waals surface area contributed by atoms with E-state index in [0.29, 0.717) is 0 Å². The highest BCUT2D eigenvalue weighted by Crippen LogP contribution is 2.32. The SMILES string of the molecule is Cn1c(=O)n(C)c2cc(NC(=O)C3CCCc4ccccc43)ccc21. The molecule has 1 aliphatic carbocycles. The van der Waals surface area contributed by atoms with E-state index in [4.69, 9.17) is 0 Å². The van der Waals surface area contributed by atoms with Gasteiger partial charge in [-0.1, -0.05) is 24.3 Å². The number of hydrogen-bond donors (Lipinski definition) is 1. The molecule has 0 fully saturated rings. The van der Waals surface area contributed by atoms with E-state index in [2.05, 4.69) is 17.4 Å². The van der Waals surface area contributed by atoms with E-state index in [1.165, 1.54) is 5.56 Å². The first-order chi connectivity index (χ1) is 12.1. The van der Waals surface area contributed by atoms with E-state index in [-0.39, 0.29) is 17.5 Å². The summed E-state index contributed by atoms with van der Waals surface area (Å²) in [6.07, 6.45) is 2.94. The highest BCUT2D eigenvalue weighted by Gasteiger charge is 2.26. The minimum atomic E-state index is -0.111. The van der Waals surface area contributed by atoms with Crippen LogP contribution in [0.4, 0.5) is 5.69 Å². The fourth-order valence-corrected chi connectivity index (χ4v) is 3.84. The number of benzene rings is 2. The van der Waals surface area contributed by atoms with Crippen molar-refractivity contribution < 1.29 is 4.79 Å². The van der Waals surface area contributed by atoms with Crippen molar-refractivity contribution in [2.24, 2.45) is 14.1 Å². The summed E-state index contributed by atoms with van der Waals surface area (Å²) in [5.74, 6) is -0.0901. The number of fused-ring (bicyclic) bond motifs is 2. The molecule has 1 unspecified atom stereocenters. The largest absolute Gasteiger partial charge is 0.328 e. The number of carbonyl (C=O) groups is 1. The van der Waals surface area contributed by atoms with Gasteiger partial charge in [-0.3, -0.25) is 13.9 Å². The van der Waals surface area contributed by atoms with Crippen molar-refractivity contribution in [1.29, 1.82) is 0 Å². The van der Waals surface area contributed by atoms with Crippen molar-refractivity contribution in [3.05, 3.63) is 64.1 Å². The number of rotatable bonds is 2. The summed E-state index contributed by atoms with van der Waals surface area (Å²) < 4.78 is 3.21. The van der Waals surface area contributed by atoms with E-state index in [1.54, 1.807) is 23.2 Å². The van der Waals surface area contributed by atoms with Crippen LogP contribution >= 0.6 is 0 Å². The van der Waals surface area contributed by atoms with Crippen LogP contribution in [0.15, 0.2) is 47.3 Å². The van der Waals surface area contributed by atoms with E-state index in [9.17, 15) is 9.59 Å². The highest BCUT2D eigenvalue weighted by molar-refractivity contribution is 5.97. The smallest absolute Gasteiger partial charge is 0.325 e. The molecule has 1 aromatic heterocycles. The van der Waals surface area contributed by atoms with Gasteiger partial charge in [-0.25, -0.2) is 4.79 Å². The van der Waals surface area contributed by atoms with Crippen LogP contribution in [0.3, 0.4) is 0 Å². The van der Waals surface area contributed by atoms with Crippen LogP contribution in [0.5, 0.6) is 0 Å². The molecular weight excluding hydrogens is 314 g/mol. The lowest BCUT2D eigenvalue weighted by Gasteiger charge is -2.24. The molecule has 25 heavy (non-hydrogen) atoms. The molecule has 0 bridgehead atoms. The maximum atomic E-state index is 12.8. The van der Waals surface area contributed by atoms with Gasteiger partial charge in [-0.05, 0) is 48.6 Å². The van der Waals surface area contributed by atoms with Crippen molar-refractivity contribution in [3.8, 4) is 0 Å². The van der Waals surface area contributed by atoms with Gasteiger partial charge in [0.15, 0.2) is 0 Å². The maximum absolute atomic E-state index is 12.8. The average molecular weight is 335 g/mol. The van der Waals surface area contributed by atoms with Gasteiger partial charge in [-0.2, -0.15) is 0 Å². The van der Waals surface area contributed by atoms with E-state index in [0.717, 1.165) is 41.5 Å². The summed E-state index contributed by atoms with van der Waals surface area (Å²) in [4.78, 5) is 24.9. The molecule has 2 aromatic carbocycles. The molecule has 0 spiro atoms. The molecule has 0 saturated carbocycles. The molecule has 1 aliphatic rings. The van der Waals surface area contributed by atoms with Gasteiger partial charge in [0.1, 0.15) is 0 Å². The van der Waals surface area contributed by atoms with Gasteiger partial charge in [-0.15, -0.1) is 0 Å². The van der Waals surface area contributed by atoms with Gasteiger partial charge < -0.3 is 5.32 Å². The standard InChI is InChI=1S/C20H21N3O2/c1-22-17-11-10-14(12-18(17)23(2)20(22)25)21-19(24)16-9-5-7-13-6-3-4-8-15(13)16/h3-4,6,8,10-12,16H,5,7,9H2,1-2H3,(H,21,24). The Kier molecular flexibility index (Phi) is 3.71. The number of imidazole rings is 1. The Morgan fingerprint density at radius 3 is 2.68 bits per heavy atom. The van der Waals surface area contributed by atoms with Gasteiger partial charge in [0.25, 0.3) is 0 Å². The maximum Gasteiger partial charge on any atom is 0.328 e. The minimum Gasteiger partial charge on any atom is -0.325 e. The third-order valence-electron chi connectivity index (χ3n) is 5.23. The van der Waals surface area contributed by atoms with Crippen molar-refractivity contribution in [1.82, 2.24) is 9.13 Å². The van der Waals surface area contributed by atoms with E-state index in [1.807, 2.05) is 30.3 Å². The number of carbonyl (C=O) groups excluding carboxylic acids is 1. The van der Waals surface area contributed by atoms with Crippen LogP contribution < -0.4 is 11.0 Å². The summed E-state index contributed by atoms with van der Waals surface area (Å²) in [6, 6.07) is 13.8. The van der Waals surface area contributed by atoms with Crippen LogP contribution in [0.1, 0.15) is 29.9 Å². The van der Waals surface area contributed by atoms with Gasteiger partial charge in [0, 0.05) is 19.8 Å². The number of amides is 1. The van der Waals surface area contributed by atoms with Crippen molar-refractivity contribution in [2.75, 3.05) is 5.32 Å². The molecular formula is C20H21N3O2. The predicted molar refractivity (Wildman–Crippen MR) is 98.9 cm³/mol. The first-order valence-electron chi connectivity index (χ1n) is 8.60. The quantitative estimate of drug-likeness (QED) is 0.783. The fraction of sp³-hybridized carbons (Fsp3) is 0.300. The lowest BCUT2D eigenvalue weighted by atomic mass is 9.82. The molecule has 0 radical (unpaired) electrons. The molecule has 5 nitrogen and oxygen atoms in total. The second-order valence-corrected chi connectivity index (χ2v) is 6.74. The summed E-state index contributed by atoms with van der Waals surface area (Å²) in [5, 5.41) is 3.04. The van der Waals surface area contributed by atoms with Crippen LogP contribution in [-0.2, 0) is 25.3 Å². The molecule has 1 N–H and O–H groups in total. The lowest BCUT2D eigenvalue weighted by Crippen LogP contribution is -2.24. The minimum absolute atomic E-state index is 0.0208. The molecule has 0 aliphatic heterocycles. The Labute approximate surface area is 145 Å². The first kappa shape index (κ1) is 15.7. The molecule has 0 saturated heterocycles. The monoisotopic (exact) mass is 335 g/mol. The third kappa shape index (κ3) is 2.56. The van der Waals surface area contributed by atoms with Crippen LogP contribution in [0.25, 0.3) is 11.0 Å². The van der Waals surface area contributed by atoms with Gasteiger partial charge in [0.05, 0.1) is 17.0 Å². The average Bonchev–Trinajstić information content (AvgIpc) is 2.85. The van der Waals surface area contributed by atoms with E-state index >= 15 is 0 Å². The normalized spacial score (nSPS) is 16.6. The van der Waals surface area contributed by atoms with Crippen LogP contribution in [0.2, 0.25) is 0 Å². The summed E-state index contributed by atoms with van der Waals surface area (Å²) in [5.41, 5.74) is 4.73. The molecule has 4 rings (SSSR count). The zero-order chi connectivity index (χ0) is 17.6. The lowest BCUT2D eigenvalue weighted by molar-refractivity contribution is -0.117. The second kappa shape index (κ2) is 5.92. The number of aryl methyl sites for hydroxylation is 3. The zero-order valence-corrected chi connectivity index (χ0v) is 14.5.